The molecule has 2 aromatic rings. The summed E-state index contributed by atoms with van der Waals surface area (Å²) in [5, 5.41) is 2.99. The lowest BCUT2D eigenvalue weighted by Crippen LogP contribution is -2.33. The molecular weight excluding hydrogens is 399 g/mol. The Morgan fingerprint density at radius 1 is 1.03 bits per heavy atom. The molecule has 0 spiro atoms. The maximum atomic E-state index is 12.5. The molecule has 0 aliphatic carbocycles. The minimum Gasteiger partial charge on any atom is -0.493 e. The summed E-state index contributed by atoms with van der Waals surface area (Å²) >= 11 is 0. The average molecular weight is 425 g/mol. The number of rotatable bonds is 9. The molecular formula is C21H26F3N3O3. The van der Waals surface area contributed by atoms with Gasteiger partial charge in [-0.2, -0.15) is 13.2 Å². The molecule has 3 N–H and O–H groups in total. The first-order chi connectivity index (χ1) is 14.2. The highest BCUT2D eigenvalue weighted by molar-refractivity contribution is 5.77. The van der Waals surface area contributed by atoms with Crippen LogP contribution in [0.5, 0.6) is 17.2 Å². The van der Waals surface area contributed by atoms with Crippen LogP contribution in [0.15, 0.2) is 41.4 Å². The number of benzene rings is 2. The van der Waals surface area contributed by atoms with Crippen LogP contribution in [0.3, 0.4) is 0 Å². The lowest BCUT2D eigenvalue weighted by atomic mass is 10.1. The van der Waals surface area contributed by atoms with Crippen molar-refractivity contribution in [3.8, 4) is 17.2 Å². The summed E-state index contributed by atoms with van der Waals surface area (Å²) in [5.41, 5.74) is 8.22. The van der Waals surface area contributed by atoms with Crippen LogP contribution in [0.2, 0.25) is 0 Å². The second-order valence-electron chi connectivity index (χ2n) is 6.58. The fourth-order valence-electron chi connectivity index (χ4n) is 2.68. The molecule has 2 aromatic carbocycles. The molecule has 0 saturated heterocycles. The van der Waals surface area contributed by atoms with Crippen LogP contribution >= 0.6 is 0 Å². The quantitative estimate of drug-likeness (QED) is 0.474. The molecule has 0 aliphatic rings. The highest BCUT2D eigenvalue weighted by atomic mass is 19.4. The van der Waals surface area contributed by atoms with Gasteiger partial charge in [-0.05, 0) is 42.7 Å². The number of guanidine groups is 1. The Kier molecular flexibility index (Phi) is 8.20. The third-order valence-corrected chi connectivity index (χ3v) is 4.20. The number of nitrogens with one attached hydrogen (secondary N) is 1. The Balaban J connectivity index is 1.92. The van der Waals surface area contributed by atoms with Crippen molar-refractivity contribution in [3.63, 3.8) is 0 Å². The first kappa shape index (κ1) is 23.2. The van der Waals surface area contributed by atoms with Crippen molar-refractivity contribution in [3.05, 3.63) is 53.1 Å². The number of nitrogens with zero attached hydrogens (tertiary/aromatic N) is 1. The number of aliphatic imine (C=N–C) groups is 1. The third-order valence-electron chi connectivity index (χ3n) is 4.20. The first-order valence-electron chi connectivity index (χ1n) is 9.25. The van der Waals surface area contributed by atoms with E-state index in [0.29, 0.717) is 30.0 Å². The van der Waals surface area contributed by atoms with E-state index >= 15 is 0 Å². The lowest BCUT2D eigenvalue weighted by molar-refractivity contribution is -0.153. The Bertz CT molecular complexity index is 870. The summed E-state index contributed by atoms with van der Waals surface area (Å²) in [6.45, 7) is 1.04. The molecule has 2 rings (SSSR count). The van der Waals surface area contributed by atoms with Crippen molar-refractivity contribution in [2.24, 2.45) is 10.7 Å². The van der Waals surface area contributed by atoms with Gasteiger partial charge in [0.05, 0.1) is 20.8 Å². The molecule has 164 valence electrons. The van der Waals surface area contributed by atoms with E-state index in [4.69, 9.17) is 19.9 Å². The van der Waals surface area contributed by atoms with Gasteiger partial charge in [0.1, 0.15) is 5.75 Å². The number of aryl methyl sites for hydroxylation is 1. The number of nitrogens with two attached hydrogens (primary N) is 1. The highest BCUT2D eigenvalue weighted by Gasteiger charge is 2.28. The maximum absolute atomic E-state index is 12.5. The first-order valence-corrected chi connectivity index (χ1v) is 9.25. The van der Waals surface area contributed by atoms with Crippen LogP contribution < -0.4 is 25.3 Å². The van der Waals surface area contributed by atoms with Crippen molar-refractivity contribution >= 4 is 5.96 Å². The second-order valence-corrected chi connectivity index (χ2v) is 6.58. The van der Waals surface area contributed by atoms with E-state index < -0.39 is 12.8 Å². The topological polar surface area (TPSA) is 78.1 Å². The van der Waals surface area contributed by atoms with E-state index in [2.05, 4.69) is 10.3 Å². The Labute approximate surface area is 173 Å². The molecule has 0 amide bonds. The monoisotopic (exact) mass is 425 g/mol. The van der Waals surface area contributed by atoms with E-state index in [-0.39, 0.29) is 18.3 Å². The molecule has 6 nitrogen and oxygen atoms in total. The number of ether oxygens (including phenoxy) is 3. The van der Waals surface area contributed by atoms with Gasteiger partial charge in [0.25, 0.3) is 0 Å². The Morgan fingerprint density at radius 3 is 2.43 bits per heavy atom. The molecule has 0 aromatic heterocycles. The molecule has 0 radical (unpaired) electrons. The molecule has 0 bridgehead atoms. The number of methoxy groups -OCH3 is 2. The number of alkyl halides is 3. The fourth-order valence-corrected chi connectivity index (χ4v) is 2.68. The fraction of sp³-hybridized carbons (Fsp3) is 0.381. The van der Waals surface area contributed by atoms with Gasteiger partial charge in [-0.1, -0.05) is 18.2 Å². The Morgan fingerprint density at radius 2 is 1.77 bits per heavy atom. The number of hydrogen-bond donors (Lipinski definition) is 2. The largest absolute Gasteiger partial charge is 0.493 e. The van der Waals surface area contributed by atoms with E-state index in [9.17, 15) is 13.2 Å². The van der Waals surface area contributed by atoms with E-state index in [1.807, 2.05) is 18.2 Å². The standard InChI is InChI=1S/C21H26F3N3O3/c1-14-4-6-16(18(10-14)30-13-21(22,23)24)12-27-20(25)26-9-8-15-5-7-17(28-2)19(11-15)29-3/h4-7,10-11H,8-9,12-13H2,1-3H3,(H3,25,26,27). The van der Waals surface area contributed by atoms with Crippen molar-refractivity contribution in [1.29, 1.82) is 0 Å². The third kappa shape index (κ3) is 7.38. The van der Waals surface area contributed by atoms with Crippen molar-refractivity contribution in [1.82, 2.24) is 5.32 Å². The zero-order valence-corrected chi connectivity index (χ0v) is 17.2. The summed E-state index contributed by atoms with van der Waals surface area (Å²) in [7, 11) is 3.15. The molecule has 0 fully saturated rings. The SMILES string of the molecule is COc1ccc(CCNC(N)=NCc2ccc(C)cc2OCC(F)(F)F)cc1OC. The zero-order chi connectivity index (χ0) is 22.1. The average Bonchev–Trinajstić information content (AvgIpc) is 2.70. The summed E-state index contributed by atoms with van der Waals surface area (Å²) in [4.78, 5) is 4.20. The van der Waals surface area contributed by atoms with Crippen LogP contribution in [0.1, 0.15) is 16.7 Å². The van der Waals surface area contributed by atoms with E-state index in [0.717, 1.165) is 11.1 Å². The maximum Gasteiger partial charge on any atom is 0.422 e. The van der Waals surface area contributed by atoms with Crippen molar-refractivity contribution in [2.75, 3.05) is 27.4 Å². The number of hydrogen-bond acceptors (Lipinski definition) is 4. The predicted octanol–water partition coefficient (Wildman–Crippen LogP) is 3.60. The van der Waals surface area contributed by atoms with E-state index in [1.54, 1.807) is 39.3 Å². The second kappa shape index (κ2) is 10.6. The van der Waals surface area contributed by atoms with Gasteiger partial charge in [0, 0.05) is 12.1 Å². The van der Waals surface area contributed by atoms with Gasteiger partial charge in [0.15, 0.2) is 24.1 Å². The Hall–Kier alpha value is -3.10. The van der Waals surface area contributed by atoms with Gasteiger partial charge in [-0.3, -0.25) is 0 Å². The summed E-state index contributed by atoms with van der Waals surface area (Å²) in [6.07, 6.45) is -3.74. The smallest absolute Gasteiger partial charge is 0.422 e. The van der Waals surface area contributed by atoms with Crippen LogP contribution in [-0.2, 0) is 13.0 Å². The summed E-state index contributed by atoms with van der Waals surface area (Å²) in [6, 6.07) is 10.6. The van der Waals surface area contributed by atoms with Crippen LogP contribution in [0.25, 0.3) is 0 Å². The molecule has 0 aliphatic heterocycles. The minimum absolute atomic E-state index is 0.0999. The van der Waals surface area contributed by atoms with Crippen LogP contribution in [0, 0.1) is 6.92 Å². The molecule has 0 saturated carbocycles. The van der Waals surface area contributed by atoms with Gasteiger partial charge >= 0.3 is 6.18 Å². The van der Waals surface area contributed by atoms with Crippen LogP contribution in [0.4, 0.5) is 13.2 Å². The van der Waals surface area contributed by atoms with Gasteiger partial charge in [-0.15, -0.1) is 0 Å². The molecule has 0 heterocycles. The summed E-state index contributed by atoms with van der Waals surface area (Å²) < 4.78 is 52.8. The molecule has 0 atom stereocenters. The minimum atomic E-state index is -4.41. The van der Waals surface area contributed by atoms with Gasteiger partial charge < -0.3 is 25.3 Å². The zero-order valence-electron chi connectivity index (χ0n) is 17.2. The van der Waals surface area contributed by atoms with Gasteiger partial charge in [0.2, 0.25) is 0 Å². The summed E-state index contributed by atoms with van der Waals surface area (Å²) in [5.74, 6) is 1.63. The van der Waals surface area contributed by atoms with Crippen molar-refractivity contribution in [2.45, 2.75) is 26.1 Å². The van der Waals surface area contributed by atoms with Gasteiger partial charge in [-0.25, -0.2) is 4.99 Å². The predicted molar refractivity (Wildman–Crippen MR) is 109 cm³/mol. The normalized spacial score (nSPS) is 11.9. The highest BCUT2D eigenvalue weighted by Crippen LogP contribution is 2.27. The number of halogens is 3. The van der Waals surface area contributed by atoms with Crippen LogP contribution in [-0.4, -0.2) is 39.5 Å². The van der Waals surface area contributed by atoms with E-state index in [1.165, 1.54) is 0 Å². The lowest BCUT2D eigenvalue weighted by Gasteiger charge is -2.13. The molecule has 0 unspecified atom stereocenters. The molecule has 9 heteroatoms. The molecule has 30 heavy (non-hydrogen) atoms. The van der Waals surface area contributed by atoms with Crippen molar-refractivity contribution < 1.29 is 27.4 Å².